The molecule has 0 atom stereocenters. The van der Waals surface area contributed by atoms with Crippen LogP contribution in [-0.4, -0.2) is 29.6 Å². The van der Waals surface area contributed by atoms with Gasteiger partial charge >= 0.3 is 0 Å². The number of carbonyl (C=O) groups excluding carboxylic acids is 1. The Labute approximate surface area is 199 Å². The van der Waals surface area contributed by atoms with Crippen LogP contribution in [0.1, 0.15) is 19.8 Å². The number of unbranched alkanes of at least 4 members (excludes halogenated alkanes) is 1. The van der Waals surface area contributed by atoms with Gasteiger partial charge in [0.25, 0.3) is 0 Å². The lowest BCUT2D eigenvalue weighted by Gasteiger charge is -2.10. The van der Waals surface area contributed by atoms with Crippen LogP contribution in [0.5, 0.6) is 0 Å². The highest BCUT2D eigenvalue weighted by Crippen LogP contribution is 2.32. The van der Waals surface area contributed by atoms with Crippen LogP contribution in [0.25, 0.3) is 11.0 Å². The van der Waals surface area contributed by atoms with E-state index in [1.54, 1.807) is 6.07 Å². The number of benzene rings is 2. The van der Waals surface area contributed by atoms with Gasteiger partial charge < -0.3 is 9.88 Å². The maximum absolute atomic E-state index is 12.5. The molecule has 0 spiro atoms. The topological polar surface area (TPSA) is 107 Å². The van der Waals surface area contributed by atoms with Crippen molar-refractivity contribution in [1.29, 1.82) is 0 Å². The van der Waals surface area contributed by atoms with Crippen LogP contribution in [0.2, 0.25) is 15.1 Å². The second-order valence-electron chi connectivity index (χ2n) is 6.68. The summed E-state index contributed by atoms with van der Waals surface area (Å²) in [6, 6.07) is 7.51. The third-order valence-corrected chi connectivity index (χ3v) is 7.29. The van der Waals surface area contributed by atoms with E-state index in [4.69, 9.17) is 39.9 Å². The van der Waals surface area contributed by atoms with Gasteiger partial charge in [0.05, 0.1) is 42.4 Å². The third-order valence-electron chi connectivity index (χ3n) is 4.36. The Bertz CT molecular complexity index is 1250. The van der Waals surface area contributed by atoms with E-state index in [-0.39, 0.29) is 26.6 Å². The van der Waals surface area contributed by atoms with Gasteiger partial charge in [-0.25, -0.2) is 18.5 Å². The zero-order valence-electron chi connectivity index (χ0n) is 16.4. The largest absolute Gasteiger partial charge is 0.324 e. The molecule has 3 rings (SSSR count). The first-order chi connectivity index (χ1) is 14.6. The SMILES string of the molecule is CCCCn1c(SCC(=O)Nc2cc(Cl)c(Cl)cc2Cl)nc2cc(S(N)(=O)=O)ccc21. The summed E-state index contributed by atoms with van der Waals surface area (Å²) in [4.78, 5) is 17.0. The number of nitrogens with two attached hydrogens (primary N) is 1. The smallest absolute Gasteiger partial charge is 0.238 e. The minimum atomic E-state index is -3.84. The van der Waals surface area contributed by atoms with Gasteiger partial charge in [-0.1, -0.05) is 59.9 Å². The molecule has 0 radical (unpaired) electrons. The van der Waals surface area contributed by atoms with E-state index in [1.807, 2.05) is 4.57 Å². The monoisotopic (exact) mass is 520 g/mol. The average molecular weight is 522 g/mol. The van der Waals surface area contributed by atoms with Crippen molar-refractivity contribution in [3.63, 3.8) is 0 Å². The quantitative estimate of drug-likeness (QED) is 0.314. The zero-order chi connectivity index (χ0) is 22.8. The van der Waals surface area contributed by atoms with Gasteiger partial charge in [-0.05, 0) is 36.8 Å². The number of anilines is 1. The molecule has 1 aromatic heterocycles. The van der Waals surface area contributed by atoms with Gasteiger partial charge in [-0.3, -0.25) is 4.79 Å². The van der Waals surface area contributed by atoms with E-state index in [0.29, 0.717) is 27.9 Å². The maximum Gasteiger partial charge on any atom is 0.238 e. The molecule has 0 aliphatic rings. The molecule has 0 unspecified atom stereocenters. The minimum absolute atomic E-state index is 0.0105. The summed E-state index contributed by atoms with van der Waals surface area (Å²) in [5.41, 5.74) is 1.63. The van der Waals surface area contributed by atoms with Gasteiger partial charge in [0.1, 0.15) is 0 Å². The fourth-order valence-corrected chi connectivity index (χ4v) is 4.81. The van der Waals surface area contributed by atoms with Crippen molar-refractivity contribution < 1.29 is 13.2 Å². The molecular formula is C19H19Cl3N4O3S2. The predicted molar refractivity (Wildman–Crippen MR) is 127 cm³/mol. The first kappa shape index (κ1) is 24.2. The zero-order valence-corrected chi connectivity index (χ0v) is 20.3. The summed E-state index contributed by atoms with van der Waals surface area (Å²) in [5, 5.41) is 9.39. The number of fused-ring (bicyclic) bond motifs is 1. The van der Waals surface area contributed by atoms with E-state index in [9.17, 15) is 13.2 Å². The van der Waals surface area contributed by atoms with Crippen LogP contribution in [0.3, 0.4) is 0 Å². The number of aryl methyl sites for hydroxylation is 1. The number of aromatic nitrogens is 2. The summed E-state index contributed by atoms with van der Waals surface area (Å²) in [5.74, 6) is -0.238. The summed E-state index contributed by atoms with van der Waals surface area (Å²) in [6.07, 6.45) is 1.87. The Hall–Kier alpha value is -1.49. The van der Waals surface area contributed by atoms with Crippen LogP contribution < -0.4 is 10.5 Å². The molecule has 1 heterocycles. The maximum atomic E-state index is 12.5. The summed E-state index contributed by atoms with van der Waals surface area (Å²) in [6.45, 7) is 2.75. The van der Waals surface area contributed by atoms with E-state index < -0.39 is 10.0 Å². The molecule has 12 heteroatoms. The van der Waals surface area contributed by atoms with Gasteiger partial charge in [0, 0.05) is 6.54 Å². The van der Waals surface area contributed by atoms with Crippen LogP contribution >= 0.6 is 46.6 Å². The number of imidazole rings is 1. The molecule has 0 fully saturated rings. The van der Waals surface area contributed by atoms with Crippen molar-refractivity contribution in [2.24, 2.45) is 5.14 Å². The Morgan fingerprint density at radius 2 is 1.87 bits per heavy atom. The van der Waals surface area contributed by atoms with E-state index in [0.717, 1.165) is 18.4 Å². The van der Waals surface area contributed by atoms with E-state index >= 15 is 0 Å². The first-order valence-electron chi connectivity index (χ1n) is 9.20. The highest BCUT2D eigenvalue weighted by molar-refractivity contribution is 7.99. The van der Waals surface area contributed by atoms with Crippen molar-refractivity contribution >= 4 is 79.2 Å². The summed E-state index contributed by atoms with van der Waals surface area (Å²) in [7, 11) is -3.84. The molecule has 7 nitrogen and oxygen atoms in total. The van der Waals surface area contributed by atoms with Gasteiger partial charge in [0.15, 0.2) is 5.16 Å². The number of sulfonamides is 1. The molecule has 1 amide bonds. The number of carbonyl (C=O) groups is 1. The molecule has 0 aliphatic heterocycles. The molecule has 0 saturated heterocycles. The second-order valence-corrected chi connectivity index (χ2v) is 10.4. The number of thioether (sulfide) groups is 1. The molecule has 166 valence electrons. The lowest BCUT2D eigenvalue weighted by atomic mass is 10.3. The van der Waals surface area contributed by atoms with Crippen LogP contribution in [0.4, 0.5) is 5.69 Å². The molecule has 31 heavy (non-hydrogen) atoms. The standard InChI is InChI=1S/C19H19Cl3N4O3S2/c1-2-3-6-26-17-5-4-11(31(23,28)29)7-16(17)25-19(26)30-10-18(27)24-15-9-13(21)12(20)8-14(15)22/h4-5,7-9H,2-3,6,10H2,1H3,(H,24,27)(H2,23,28,29). The number of nitrogens with one attached hydrogen (secondary N) is 1. The average Bonchev–Trinajstić information content (AvgIpc) is 3.05. The Balaban J connectivity index is 1.82. The predicted octanol–water partition coefficient (Wildman–Crippen LogP) is 5.17. The Morgan fingerprint density at radius 1 is 1.16 bits per heavy atom. The van der Waals surface area contributed by atoms with Gasteiger partial charge in [-0.15, -0.1) is 0 Å². The van der Waals surface area contributed by atoms with Crippen LogP contribution in [0, 0.1) is 0 Å². The van der Waals surface area contributed by atoms with Crippen molar-refractivity contribution in [1.82, 2.24) is 9.55 Å². The Kier molecular flexibility index (Phi) is 7.77. The number of hydrogen-bond donors (Lipinski definition) is 2. The number of rotatable bonds is 8. The molecule has 0 bridgehead atoms. The summed E-state index contributed by atoms with van der Waals surface area (Å²) >= 11 is 19.2. The number of halogens is 3. The van der Waals surface area contributed by atoms with Gasteiger partial charge in [0.2, 0.25) is 15.9 Å². The Morgan fingerprint density at radius 3 is 2.55 bits per heavy atom. The molecule has 2 aromatic carbocycles. The number of hydrogen-bond acceptors (Lipinski definition) is 5. The van der Waals surface area contributed by atoms with Crippen molar-refractivity contribution in [2.45, 2.75) is 36.4 Å². The first-order valence-corrected chi connectivity index (χ1v) is 12.9. The van der Waals surface area contributed by atoms with Crippen molar-refractivity contribution in [3.05, 3.63) is 45.4 Å². The molecule has 0 aliphatic carbocycles. The molecule has 3 N–H and O–H groups in total. The summed E-state index contributed by atoms with van der Waals surface area (Å²) < 4.78 is 25.3. The molecular weight excluding hydrogens is 503 g/mol. The number of primary sulfonamides is 1. The lowest BCUT2D eigenvalue weighted by molar-refractivity contribution is -0.113. The molecule has 3 aromatic rings. The second kappa shape index (κ2) is 9.97. The van der Waals surface area contributed by atoms with Crippen molar-refractivity contribution in [3.8, 4) is 0 Å². The molecule has 0 saturated carbocycles. The van der Waals surface area contributed by atoms with Gasteiger partial charge in [-0.2, -0.15) is 0 Å². The normalized spacial score (nSPS) is 11.8. The fourth-order valence-electron chi connectivity index (χ4n) is 2.84. The van der Waals surface area contributed by atoms with E-state index in [2.05, 4.69) is 17.2 Å². The van der Waals surface area contributed by atoms with E-state index in [1.165, 1.54) is 36.0 Å². The number of nitrogens with zero attached hydrogens (tertiary/aromatic N) is 2. The fraction of sp³-hybridized carbons (Fsp3) is 0.263. The highest BCUT2D eigenvalue weighted by Gasteiger charge is 2.17. The highest BCUT2D eigenvalue weighted by atomic mass is 35.5. The lowest BCUT2D eigenvalue weighted by Crippen LogP contribution is -2.15. The third kappa shape index (κ3) is 5.85. The number of amides is 1. The van der Waals surface area contributed by atoms with Crippen LogP contribution in [-0.2, 0) is 21.4 Å². The van der Waals surface area contributed by atoms with Crippen LogP contribution in [0.15, 0.2) is 40.4 Å². The minimum Gasteiger partial charge on any atom is -0.324 e. The van der Waals surface area contributed by atoms with Crippen molar-refractivity contribution in [2.75, 3.05) is 11.1 Å².